The monoisotopic (exact) mass is 307 g/mol. The number of aryl methyl sites for hydroxylation is 3. The van der Waals surface area contributed by atoms with E-state index in [1.807, 2.05) is 38.1 Å². The van der Waals surface area contributed by atoms with E-state index < -0.39 is 0 Å². The van der Waals surface area contributed by atoms with Gasteiger partial charge in [-0.3, -0.25) is 4.79 Å². The van der Waals surface area contributed by atoms with E-state index in [-0.39, 0.29) is 11.7 Å². The average molecular weight is 307 g/mol. The van der Waals surface area contributed by atoms with Crippen LogP contribution >= 0.6 is 0 Å². The quantitative estimate of drug-likeness (QED) is 0.692. The molecular formula is C17H17N5O. The first-order chi connectivity index (χ1) is 11.1. The highest BCUT2D eigenvalue weighted by atomic mass is 16.2. The summed E-state index contributed by atoms with van der Waals surface area (Å²) in [6.07, 6.45) is 1.95. The molecule has 1 aliphatic rings. The van der Waals surface area contributed by atoms with Gasteiger partial charge in [-0.2, -0.15) is 4.98 Å². The Balaban J connectivity index is 1.77. The van der Waals surface area contributed by atoms with Crippen LogP contribution in [-0.4, -0.2) is 32.0 Å². The molecule has 0 N–H and O–H groups in total. The molecule has 0 bridgehead atoms. The van der Waals surface area contributed by atoms with Crippen molar-refractivity contribution in [2.45, 2.75) is 26.7 Å². The van der Waals surface area contributed by atoms with Crippen molar-refractivity contribution in [2.24, 2.45) is 0 Å². The molecule has 2 aromatic heterocycles. The van der Waals surface area contributed by atoms with Gasteiger partial charge in [-0.05, 0) is 44.4 Å². The number of benzene rings is 1. The Labute approximate surface area is 133 Å². The van der Waals surface area contributed by atoms with Gasteiger partial charge in [-0.1, -0.05) is 18.2 Å². The van der Waals surface area contributed by atoms with Gasteiger partial charge in [0.15, 0.2) is 0 Å². The van der Waals surface area contributed by atoms with Crippen LogP contribution in [0.5, 0.6) is 0 Å². The summed E-state index contributed by atoms with van der Waals surface area (Å²) in [6, 6.07) is 9.94. The van der Waals surface area contributed by atoms with Crippen molar-refractivity contribution in [3.05, 3.63) is 53.1 Å². The maximum Gasteiger partial charge on any atom is 0.298 e. The van der Waals surface area contributed by atoms with Gasteiger partial charge in [0.25, 0.3) is 11.7 Å². The molecule has 4 rings (SSSR count). The van der Waals surface area contributed by atoms with Crippen molar-refractivity contribution in [2.75, 3.05) is 11.4 Å². The largest absolute Gasteiger partial charge is 0.305 e. The summed E-state index contributed by atoms with van der Waals surface area (Å²) in [5.41, 5.74) is 3.94. The molecule has 1 aromatic carbocycles. The average Bonchev–Trinajstić information content (AvgIpc) is 2.98. The first-order valence-corrected chi connectivity index (χ1v) is 7.74. The molecule has 6 heteroatoms. The lowest BCUT2D eigenvalue weighted by Gasteiger charge is -2.28. The van der Waals surface area contributed by atoms with E-state index in [0.29, 0.717) is 12.3 Å². The normalized spacial score (nSPS) is 14.1. The molecule has 0 aliphatic carbocycles. The fourth-order valence-electron chi connectivity index (χ4n) is 3.12. The Morgan fingerprint density at radius 3 is 2.87 bits per heavy atom. The number of carbonyl (C=O) groups is 1. The van der Waals surface area contributed by atoms with Gasteiger partial charge in [0.2, 0.25) is 5.82 Å². The Kier molecular flexibility index (Phi) is 3.11. The number of rotatable bonds is 1. The maximum absolute atomic E-state index is 12.9. The topological polar surface area (TPSA) is 63.4 Å². The number of carbonyl (C=O) groups excluding carboxylic acids is 1. The smallest absolute Gasteiger partial charge is 0.298 e. The summed E-state index contributed by atoms with van der Waals surface area (Å²) in [5, 5.41) is 4.35. The second kappa shape index (κ2) is 5.15. The molecular weight excluding hydrogens is 290 g/mol. The zero-order chi connectivity index (χ0) is 16.0. The molecule has 1 aliphatic heterocycles. The summed E-state index contributed by atoms with van der Waals surface area (Å²) in [5.74, 6) is 0.499. The molecule has 3 aromatic rings. The predicted molar refractivity (Wildman–Crippen MR) is 86.7 cm³/mol. The summed E-state index contributed by atoms with van der Waals surface area (Å²) in [6.45, 7) is 4.53. The third-order valence-corrected chi connectivity index (χ3v) is 4.16. The molecule has 116 valence electrons. The Morgan fingerprint density at radius 2 is 2.00 bits per heavy atom. The Bertz CT molecular complexity index is 914. The van der Waals surface area contributed by atoms with E-state index in [1.54, 1.807) is 9.42 Å². The second-order valence-electron chi connectivity index (χ2n) is 5.88. The van der Waals surface area contributed by atoms with E-state index in [9.17, 15) is 4.79 Å². The highest BCUT2D eigenvalue weighted by Gasteiger charge is 2.26. The molecule has 0 atom stereocenters. The molecule has 6 nitrogen and oxygen atoms in total. The maximum atomic E-state index is 12.9. The van der Waals surface area contributed by atoms with E-state index >= 15 is 0 Å². The molecule has 3 heterocycles. The highest BCUT2D eigenvalue weighted by Crippen LogP contribution is 2.27. The third-order valence-electron chi connectivity index (χ3n) is 4.16. The van der Waals surface area contributed by atoms with Crippen molar-refractivity contribution in [1.29, 1.82) is 0 Å². The number of hydrogen-bond donors (Lipinski definition) is 0. The lowest BCUT2D eigenvalue weighted by atomic mass is 10.0. The molecule has 0 saturated heterocycles. The minimum Gasteiger partial charge on any atom is -0.305 e. The predicted octanol–water partition coefficient (Wildman–Crippen LogP) is 2.33. The van der Waals surface area contributed by atoms with Crippen molar-refractivity contribution in [1.82, 2.24) is 19.6 Å². The number of fused-ring (bicyclic) bond motifs is 2. The minimum absolute atomic E-state index is 0.167. The van der Waals surface area contributed by atoms with E-state index in [0.717, 1.165) is 29.9 Å². The van der Waals surface area contributed by atoms with Gasteiger partial charge in [0, 0.05) is 23.6 Å². The fraction of sp³-hybridized carbons (Fsp3) is 0.294. The van der Waals surface area contributed by atoms with E-state index in [2.05, 4.69) is 21.1 Å². The number of anilines is 1. The molecule has 0 fully saturated rings. The van der Waals surface area contributed by atoms with Crippen molar-refractivity contribution in [3.63, 3.8) is 0 Å². The summed E-state index contributed by atoms with van der Waals surface area (Å²) in [7, 11) is 0. The number of nitrogens with zero attached hydrogens (tertiary/aromatic N) is 5. The van der Waals surface area contributed by atoms with Gasteiger partial charge >= 0.3 is 0 Å². The van der Waals surface area contributed by atoms with Gasteiger partial charge in [-0.15, -0.1) is 5.10 Å². The molecule has 0 spiro atoms. The van der Waals surface area contributed by atoms with Crippen LogP contribution in [0.1, 0.15) is 34.0 Å². The van der Waals surface area contributed by atoms with Crippen LogP contribution in [0.25, 0.3) is 5.78 Å². The summed E-state index contributed by atoms with van der Waals surface area (Å²) < 4.78 is 1.62. The van der Waals surface area contributed by atoms with Gasteiger partial charge in [0.05, 0.1) is 0 Å². The van der Waals surface area contributed by atoms with Crippen LogP contribution in [0.4, 0.5) is 5.69 Å². The van der Waals surface area contributed by atoms with Crippen LogP contribution in [0.3, 0.4) is 0 Å². The number of para-hydroxylation sites is 1. The zero-order valence-corrected chi connectivity index (χ0v) is 13.2. The molecule has 0 unspecified atom stereocenters. The number of amides is 1. The lowest BCUT2D eigenvalue weighted by molar-refractivity contribution is 0.0975. The second-order valence-corrected chi connectivity index (χ2v) is 5.88. The minimum atomic E-state index is -0.167. The van der Waals surface area contributed by atoms with Crippen molar-refractivity contribution in [3.8, 4) is 0 Å². The number of aromatic nitrogens is 4. The molecule has 1 amide bonds. The fourth-order valence-corrected chi connectivity index (χ4v) is 3.12. The number of hydrogen-bond acceptors (Lipinski definition) is 4. The van der Waals surface area contributed by atoms with E-state index in [1.165, 1.54) is 5.56 Å². The standard InChI is InChI=1S/C17H17N5O/c1-11-10-12(2)22-17(18-11)19-15(20-22)16(23)21-9-5-7-13-6-3-4-8-14(13)21/h3-4,6,8,10H,5,7,9H2,1-2H3. The van der Waals surface area contributed by atoms with Crippen molar-refractivity contribution < 1.29 is 4.79 Å². The Morgan fingerprint density at radius 1 is 1.17 bits per heavy atom. The highest BCUT2D eigenvalue weighted by molar-refractivity contribution is 6.04. The van der Waals surface area contributed by atoms with Crippen LogP contribution in [0, 0.1) is 13.8 Å². The van der Waals surface area contributed by atoms with Gasteiger partial charge in [-0.25, -0.2) is 9.50 Å². The SMILES string of the molecule is Cc1cc(C)n2nc(C(=O)N3CCCc4ccccc43)nc2n1. The molecule has 23 heavy (non-hydrogen) atoms. The van der Waals surface area contributed by atoms with Crippen LogP contribution in [0.15, 0.2) is 30.3 Å². The summed E-state index contributed by atoms with van der Waals surface area (Å²) in [4.78, 5) is 23.3. The zero-order valence-electron chi connectivity index (χ0n) is 13.2. The van der Waals surface area contributed by atoms with Crippen LogP contribution < -0.4 is 4.90 Å². The Hall–Kier alpha value is -2.76. The van der Waals surface area contributed by atoms with E-state index in [4.69, 9.17) is 0 Å². The summed E-state index contributed by atoms with van der Waals surface area (Å²) >= 11 is 0. The van der Waals surface area contributed by atoms with Gasteiger partial charge < -0.3 is 4.90 Å². The third kappa shape index (κ3) is 2.27. The first-order valence-electron chi connectivity index (χ1n) is 7.74. The lowest BCUT2D eigenvalue weighted by Crippen LogP contribution is -2.36. The van der Waals surface area contributed by atoms with Crippen LogP contribution in [-0.2, 0) is 6.42 Å². The van der Waals surface area contributed by atoms with Crippen LogP contribution in [0.2, 0.25) is 0 Å². The van der Waals surface area contributed by atoms with Crippen molar-refractivity contribution >= 4 is 17.4 Å². The molecule has 0 radical (unpaired) electrons. The van der Waals surface area contributed by atoms with Gasteiger partial charge in [0.1, 0.15) is 0 Å². The molecule has 0 saturated carbocycles. The first kappa shape index (κ1) is 13.9.